The van der Waals surface area contributed by atoms with Crippen LogP contribution in [0.2, 0.25) is 0 Å². The summed E-state index contributed by atoms with van der Waals surface area (Å²) in [6.45, 7) is 0.903. The second-order valence-electron chi connectivity index (χ2n) is 4.44. The molecule has 15 heavy (non-hydrogen) atoms. The van der Waals surface area contributed by atoms with Crippen LogP contribution in [0.15, 0.2) is 12.4 Å². The van der Waals surface area contributed by atoms with E-state index in [9.17, 15) is 4.79 Å². The number of hydrogen-bond donors (Lipinski definition) is 1. The predicted molar refractivity (Wildman–Crippen MR) is 55.0 cm³/mol. The van der Waals surface area contributed by atoms with E-state index in [2.05, 4.69) is 9.97 Å². The quantitative estimate of drug-likeness (QED) is 0.795. The van der Waals surface area contributed by atoms with E-state index in [-0.39, 0.29) is 6.04 Å². The molecule has 1 aliphatic carbocycles. The van der Waals surface area contributed by atoms with Gasteiger partial charge in [-0.15, -0.1) is 0 Å². The largest absolute Gasteiger partial charge is 0.347 e. The molecule has 0 spiro atoms. The van der Waals surface area contributed by atoms with Gasteiger partial charge in [-0.25, -0.2) is 4.98 Å². The highest BCUT2D eigenvalue weighted by Crippen LogP contribution is 2.37. The van der Waals surface area contributed by atoms with E-state index < -0.39 is 0 Å². The molecular weight excluding hydrogens is 190 g/mol. The Bertz CT molecular complexity index is 356. The molecule has 2 heterocycles. The number of likely N-dealkylation sites (tertiary alicyclic amines) is 1. The summed E-state index contributed by atoms with van der Waals surface area (Å²) in [5, 5.41) is 0. The first-order valence-corrected chi connectivity index (χ1v) is 5.66. The zero-order chi connectivity index (χ0) is 10.3. The van der Waals surface area contributed by atoms with Crippen molar-refractivity contribution in [3.05, 3.63) is 18.2 Å². The highest BCUT2D eigenvalue weighted by atomic mass is 16.2. The lowest BCUT2D eigenvalue weighted by molar-refractivity contribution is -0.133. The Morgan fingerprint density at radius 3 is 3.00 bits per heavy atom. The average molecular weight is 205 g/mol. The molecular formula is C11H15N3O. The molecule has 1 aromatic rings. The minimum absolute atomic E-state index is 0.202. The maximum Gasteiger partial charge on any atom is 0.226 e. The van der Waals surface area contributed by atoms with Crippen LogP contribution in [0.1, 0.15) is 37.5 Å². The van der Waals surface area contributed by atoms with Crippen molar-refractivity contribution in [1.29, 1.82) is 0 Å². The van der Waals surface area contributed by atoms with Crippen molar-refractivity contribution in [3.8, 4) is 0 Å². The van der Waals surface area contributed by atoms with Crippen LogP contribution in [0.25, 0.3) is 0 Å². The summed E-state index contributed by atoms with van der Waals surface area (Å²) >= 11 is 0. The van der Waals surface area contributed by atoms with Gasteiger partial charge in [0.2, 0.25) is 5.91 Å². The third-order valence-corrected chi connectivity index (χ3v) is 3.30. The number of hydrogen-bond acceptors (Lipinski definition) is 2. The number of rotatable bonds is 2. The molecule has 0 bridgehead atoms. The molecule has 0 unspecified atom stereocenters. The fourth-order valence-corrected chi connectivity index (χ4v) is 2.34. The maximum atomic E-state index is 12.0. The van der Waals surface area contributed by atoms with E-state index in [1.807, 2.05) is 11.1 Å². The molecule has 1 amide bonds. The van der Waals surface area contributed by atoms with Crippen molar-refractivity contribution in [2.24, 2.45) is 5.92 Å². The van der Waals surface area contributed by atoms with E-state index in [1.54, 1.807) is 6.20 Å². The Balaban J connectivity index is 1.79. The van der Waals surface area contributed by atoms with Crippen molar-refractivity contribution in [3.63, 3.8) is 0 Å². The van der Waals surface area contributed by atoms with Crippen LogP contribution in [0.4, 0.5) is 0 Å². The van der Waals surface area contributed by atoms with Gasteiger partial charge in [0.15, 0.2) is 0 Å². The van der Waals surface area contributed by atoms with Gasteiger partial charge in [-0.05, 0) is 25.7 Å². The number of amides is 1. The minimum atomic E-state index is 0.202. The molecule has 3 rings (SSSR count). The molecule has 1 atom stereocenters. The molecule has 2 aliphatic rings. The van der Waals surface area contributed by atoms with E-state index in [1.165, 1.54) is 0 Å². The molecule has 1 N–H and O–H groups in total. The van der Waals surface area contributed by atoms with E-state index in [4.69, 9.17) is 0 Å². The lowest BCUT2D eigenvalue weighted by Gasteiger charge is -2.23. The highest BCUT2D eigenvalue weighted by Gasteiger charge is 2.39. The Labute approximate surface area is 88.7 Å². The Morgan fingerprint density at radius 2 is 2.33 bits per heavy atom. The molecule has 0 radical (unpaired) electrons. The van der Waals surface area contributed by atoms with E-state index in [0.29, 0.717) is 11.8 Å². The van der Waals surface area contributed by atoms with Crippen LogP contribution >= 0.6 is 0 Å². The molecule has 80 valence electrons. The molecule has 0 aromatic carbocycles. The molecule has 1 aromatic heterocycles. The van der Waals surface area contributed by atoms with Crippen LogP contribution in [-0.4, -0.2) is 27.3 Å². The number of aromatic nitrogens is 2. The van der Waals surface area contributed by atoms with Crippen molar-refractivity contribution in [1.82, 2.24) is 14.9 Å². The van der Waals surface area contributed by atoms with Gasteiger partial charge in [0.1, 0.15) is 5.82 Å². The van der Waals surface area contributed by atoms with Gasteiger partial charge in [-0.1, -0.05) is 0 Å². The molecule has 1 saturated carbocycles. The average Bonchev–Trinajstić information content (AvgIpc) is 2.80. The molecule has 4 nitrogen and oxygen atoms in total. The van der Waals surface area contributed by atoms with Crippen LogP contribution in [0.3, 0.4) is 0 Å². The summed E-state index contributed by atoms with van der Waals surface area (Å²) in [6, 6.07) is 0.202. The summed E-state index contributed by atoms with van der Waals surface area (Å²) in [6.07, 6.45) is 7.90. The van der Waals surface area contributed by atoms with Gasteiger partial charge < -0.3 is 9.88 Å². The number of nitrogens with one attached hydrogen (secondary N) is 1. The summed E-state index contributed by atoms with van der Waals surface area (Å²) in [5.74, 6) is 1.61. The van der Waals surface area contributed by atoms with Crippen LogP contribution in [0.5, 0.6) is 0 Å². The SMILES string of the molecule is O=C(C1CC1)N1CCC[C@H]1c1ncc[nH]1. The topological polar surface area (TPSA) is 49.0 Å². The summed E-state index contributed by atoms with van der Waals surface area (Å²) < 4.78 is 0. The predicted octanol–water partition coefficient (Wildman–Crippen LogP) is 1.48. The fourth-order valence-electron chi connectivity index (χ4n) is 2.34. The van der Waals surface area contributed by atoms with Gasteiger partial charge in [-0.3, -0.25) is 4.79 Å². The second kappa shape index (κ2) is 3.36. The van der Waals surface area contributed by atoms with Crippen molar-refractivity contribution in [2.45, 2.75) is 31.7 Å². The number of carbonyl (C=O) groups excluding carboxylic acids is 1. The zero-order valence-electron chi connectivity index (χ0n) is 8.65. The highest BCUT2D eigenvalue weighted by molar-refractivity contribution is 5.81. The zero-order valence-corrected chi connectivity index (χ0v) is 8.65. The number of imidazole rings is 1. The van der Waals surface area contributed by atoms with Gasteiger partial charge in [0, 0.05) is 24.9 Å². The van der Waals surface area contributed by atoms with Crippen molar-refractivity contribution >= 4 is 5.91 Å². The molecule has 2 fully saturated rings. The first-order chi connectivity index (χ1) is 7.36. The number of carbonyl (C=O) groups is 1. The maximum absolute atomic E-state index is 12.0. The number of H-pyrrole nitrogens is 1. The van der Waals surface area contributed by atoms with Crippen LogP contribution < -0.4 is 0 Å². The third kappa shape index (κ3) is 1.54. The number of aromatic amines is 1. The minimum Gasteiger partial charge on any atom is -0.347 e. The van der Waals surface area contributed by atoms with Crippen molar-refractivity contribution in [2.75, 3.05) is 6.54 Å². The van der Waals surface area contributed by atoms with Crippen molar-refractivity contribution < 1.29 is 4.79 Å². The first-order valence-electron chi connectivity index (χ1n) is 5.66. The molecule has 1 saturated heterocycles. The van der Waals surface area contributed by atoms with E-state index in [0.717, 1.165) is 38.1 Å². The third-order valence-electron chi connectivity index (χ3n) is 3.30. The van der Waals surface area contributed by atoms with Gasteiger partial charge in [0.25, 0.3) is 0 Å². The molecule has 4 heteroatoms. The van der Waals surface area contributed by atoms with Crippen LogP contribution in [-0.2, 0) is 4.79 Å². The van der Waals surface area contributed by atoms with Gasteiger partial charge >= 0.3 is 0 Å². The first kappa shape index (κ1) is 8.95. The Hall–Kier alpha value is -1.32. The number of nitrogens with zero attached hydrogens (tertiary/aromatic N) is 2. The standard InChI is InChI=1S/C11H15N3O/c15-11(8-3-4-8)14-7-1-2-9(14)10-12-5-6-13-10/h5-6,8-9H,1-4,7H2,(H,12,13)/t9-/m0/s1. The lowest BCUT2D eigenvalue weighted by atomic mass is 10.2. The Kier molecular flexibility index (Phi) is 2.01. The lowest BCUT2D eigenvalue weighted by Crippen LogP contribution is -2.32. The van der Waals surface area contributed by atoms with Gasteiger partial charge in [0.05, 0.1) is 6.04 Å². The summed E-state index contributed by atoms with van der Waals surface area (Å²) in [5.41, 5.74) is 0. The molecule has 1 aliphatic heterocycles. The van der Waals surface area contributed by atoms with Crippen LogP contribution in [0, 0.1) is 5.92 Å². The van der Waals surface area contributed by atoms with Gasteiger partial charge in [-0.2, -0.15) is 0 Å². The summed E-state index contributed by atoms with van der Waals surface area (Å²) in [4.78, 5) is 21.4. The Morgan fingerprint density at radius 1 is 1.47 bits per heavy atom. The van der Waals surface area contributed by atoms with E-state index >= 15 is 0 Å². The normalized spacial score (nSPS) is 25.9. The monoisotopic (exact) mass is 205 g/mol. The smallest absolute Gasteiger partial charge is 0.226 e. The second-order valence-corrected chi connectivity index (χ2v) is 4.44. The summed E-state index contributed by atoms with van der Waals surface area (Å²) in [7, 11) is 0. The fraction of sp³-hybridized carbons (Fsp3) is 0.636.